The molecule has 0 radical (unpaired) electrons. The summed E-state index contributed by atoms with van der Waals surface area (Å²) in [4.78, 5) is 11.4. The van der Waals surface area contributed by atoms with E-state index >= 15 is 0 Å². The van der Waals surface area contributed by atoms with Gasteiger partial charge in [-0.25, -0.2) is 9.97 Å². The number of nitrogens with zero attached hydrogens (tertiary/aromatic N) is 4. The number of rotatable bonds is 4. The molecule has 0 aliphatic carbocycles. The van der Waals surface area contributed by atoms with Crippen molar-refractivity contribution in [2.24, 2.45) is 0 Å². The number of anilines is 1. The molecule has 1 fully saturated rings. The highest BCUT2D eigenvalue weighted by molar-refractivity contribution is 5.46. The lowest BCUT2D eigenvalue weighted by Crippen LogP contribution is -2.36. The van der Waals surface area contributed by atoms with Crippen LogP contribution in [0.3, 0.4) is 0 Å². The van der Waals surface area contributed by atoms with Gasteiger partial charge in [-0.3, -0.25) is 5.10 Å². The number of aromatic amines is 1. The van der Waals surface area contributed by atoms with Gasteiger partial charge in [-0.2, -0.15) is 5.10 Å². The van der Waals surface area contributed by atoms with Crippen molar-refractivity contribution >= 4 is 5.82 Å². The Balaban J connectivity index is 1.55. The van der Waals surface area contributed by atoms with E-state index in [-0.39, 0.29) is 0 Å². The first-order chi connectivity index (χ1) is 12.7. The second-order valence-corrected chi connectivity index (χ2v) is 7.18. The molecule has 1 aromatic carbocycles. The molecule has 0 spiro atoms. The number of hydrogen-bond donors (Lipinski definition) is 1. The van der Waals surface area contributed by atoms with Gasteiger partial charge in [0.25, 0.3) is 0 Å². The van der Waals surface area contributed by atoms with Crippen molar-refractivity contribution in [1.29, 1.82) is 0 Å². The molecule has 1 aliphatic heterocycles. The third-order valence-electron chi connectivity index (χ3n) is 5.18. The Morgan fingerprint density at radius 2 is 2.00 bits per heavy atom. The monoisotopic (exact) mass is 347 g/mol. The van der Waals surface area contributed by atoms with Crippen molar-refractivity contribution in [2.75, 3.05) is 18.0 Å². The zero-order chi connectivity index (χ0) is 17.9. The number of benzene rings is 1. The fourth-order valence-electron chi connectivity index (χ4n) is 3.87. The fraction of sp³-hybridized carbons (Fsp3) is 0.381. The van der Waals surface area contributed by atoms with E-state index in [9.17, 15) is 0 Å². The van der Waals surface area contributed by atoms with E-state index in [2.05, 4.69) is 57.3 Å². The molecule has 26 heavy (non-hydrogen) atoms. The SMILES string of the molecule is Cc1ncc(C)c(N2CCCC(c3[nH]ncc3Cc3ccccc3)C2)n1. The highest BCUT2D eigenvalue weighted by Crippen LogP contribution is 2.31. The van der Waals surface area contributed by atoms with Crippen LogP contribution in [0.5, 0.6) is 0 Å². The van der Waals surface area contributed by atoms with Crippen LogP contribution >= 0.6 is 0 Å². The Labute approximate surface area is 154 Å². The summed E-state index contributed by atoms with van der Waals surface area (Å²) in [6, 6.07) is 10.6. The number of aromatic nitrogens is 4. The minimum absolute atomic E-state index is 0.458. The average molecular weight is 347 g/mol. The zero-order valence-corrected chi connectivity index (χ0v) is 15.4. The molecule has 1 aliphatic rings. The van der Waals surface area contributed by atoms with Crippen LogP contribution in [0.15, 0.2) is 42.7 Å². The minimum Gasteiger partial charge on any atom is -0.356 e. The Hall–Kier alpha value is -2.69. The summed E-state index contributed by atoms with van der Waals surface area (Å²) in [7, 11) is 0. The van der Waals surface area contributed by atoms with E-state index in [1.54, 1.807) is 0 Å². The molecule has 4 rings (SSSR count). The van der Waals surface area contributed by atoms with Gasteiger partial charge in [0.2, 0.25) is 0 Å². The van der Waals surface area contributed by atoms with Crippen molar-refractivity contribution in [2.45, 2.75) is 39.0 Å². The van der Waals surface area contributed by atoms with Gasteiger partial charge in [-0.05, 0) is 37.8 Å². The van der Waals surface area contributed by atoms with Crippen LogP contribution in [0, 0.1) is 13.8 Å². The van der Waals surface area contributed by atoms with E-state index in [4.69, 9.17) is 4.98 Å². The van der Waals surface area contributed by atoms with E-state index in [1.807, 2.05) is 19.3 Å². The molecule has 0 amide bonds. The molecule has 5 nitrogen and oxygen atoms in total. The second kappa shape index (κ2) is 7.28. The maximum absolute atomic E-state index is 4.69. The maximum atomic E-state index is 4.69. The first-order valence-corrected chi connectivity index (χ1v) is 9.32. The zero-order valence-electron chi connectivity index (χ0n) is 15.4. The van der Waals surface area contributed by atoms with Crippen LogP contribution < -0.4 is 4.90 Å². The average Bonchev–Trinajstić information content (AvgIpc) is 3.13. The summed E-state index contributed by atoms with van der Waals surface area (Å²) >= 11 is 0. The van der Waals surface area contributed by atoms with Gasteiger partial charge in [-0.1, -0.05) is 30.3 Å². The predicted octanol–water partition coefficient (Wildman–Crippen LogP) is 3.79. The van der Waals surface area contributed by atoms with Gasteiger partial charge in [0, 0.05) is 42.9 Å². The van der Waals surface area contributed by atoms with Crippen molar-refractivity contribution in [3.05, 3.63) is 70.9 Å². The minimum atomic E-state index is 0.458. The summed E-state index contributed by atoms with van der Waals surface area (Å²) in [5, 5.41) is 7.64. The van der Waals surface area contributed by atoms with E-state index in [1.165, 1.54) is 23.2 Å². The summed E-state index contributed by atoms with van der Waals surface area (Å²) < 4.78 is 0. The summed E-state index contributed by atoms with van der Waals surface area (Å²) in [6.07, 6.45) is 7.19. The van der Waals surface area contributed by atoms with Crippen molar-refractivity contribution in [3.8, 4) is 0 Å². The molecular formula is C21H25N5. The summed E-state index contributed by atoms with van der Waals surface area (Å²) in [6.45, 7) is 6.07. The van der Waals surface area contributed by atoms with Crippen LogP contribution in [0.1, 0.15) is 47.0 Å². The first kappa shape index (κ1) is 16.8. The highest BCUT2D eigenvalue weighted by atomic mass is 15.2. The Morgan fingerprint density at radius 1 is 1.15 bits per heavy atom. The topological polar surface area (TPSA) is 57.7 Å². The molecule has 2 aromatic heterocycles. The summed E-state index contributed by atoms with van der Waals surface area (Å²) in [5.41, 5.74) is 5.05. The van der Waals surface area contributed by atoms with E-state index in [0.717, 1.165) is 43.1 Å². The van der Waals surface area contributed by atoms with Gasteiger partial charge < -0.3 is 4.90 Å². The number of piperidine rings is 1. The van der Waals surface area contributed by atoms with Crippen LogP contribution in [-0.4, -0.2) is 33.3 Å². The van der Waals surface area contributed by atoms with Crippen molar-refractivity contribution < 1.29 is 0 Å². The molecule has 5 heteroatoms. The van der Waals surface area contributed by atoms with Gasteiger partial charge in [0.1, 0.15) is 11.6 Å². The van der Waals surface area contributed by atoms with Crippen molar-refractivity contribution in [3.63, 3.8) is 0 Å². The number of nitrogens with one attached hydrogen (secondary N) is 1. The Morgan fingerprint density at radius 3 is 2.85 bits per heavy atom. The molecule has 1 atom stereocenters. The summed E-state index contributed by atoms with van der Waals surface area (Å²) in [5.74, 6) is 2.37. The molecule has 134 valence electrons. The number of aryl methyl sites for hydroxylation is 2. The van der Waals surface area contributed by atoms with Gasteiger partial charge in [-0.15, -0.1) is 0 Å². The lowest BCUT2D eigenvalue weighted by Gasteiger charge is -2.34. The lowest BCUT2D eigenvalue weighted by molar-refractivity contribution is 0.494. The van der Waals surface area contributed by atoms with Crippen LogP contribution in [0.4, 0.5) is 5.82 Å². The number of H-pyrrole nitrogens is 1. The van der Waals surface area contributed by atoms with Gasteiger partial charge in [0.15, 0.2) is 0 Å². The molecule has 1 unspecified atom stereocenters. The molecule has 3 heterocycles. The highest BCUT2D eigenvalue weighted by Gasteiger charge is 2.26. The van der Waals surface area contributed by atoms with Gasteiger partial charge in [0.05, 0.1) is 6.20 Å². The molecule has 1 saturated heterocycles. The molecule has 3 aromatic rings. The molecule has 0 bridgehead atoms. The van der Waals surface area contributed by atoms with E-state index < -0.39 is 0 Å². The Kier molecular flexibility index (Phi) is 4.69. The van der Waals surface area contributed by atoms with Gasteiger partial charge >= 0.3 is 0 Å². The third-order valence-corrected chi connectivity index (χ3v) is 5.18. The third kappa shape index (κ3) is 3.47. The number of hydrogen-bond acceptors (Lipinski definition) is 4. The molecule has 1 N–H and O–H groups in total. The molecule has 0 saturated carbocycles. The van der Waals surface area contributed by atoms with Crippen molar-refractivity contribution in [1.82, 2.24) is 20.2 Å². The first-order valence-electron chi connectivity index (χ1n) is 9.32. The quantitative estimate of drug-likeness (QED) is 0.780. The predicted molar refractivity (Wildman–Crippen MR) is 104 cm³/mol. The smallest absolute Gasteiger partial charge is 0.135 e. The lowest BCUT2D eigenvalue weighted by atomic mass is 9.90. The normalized spacial score (nSPS) is 17.5. The van der Waals surface area contributed by atoms with Crippen LogP contribution in [0.25, 0.3) is 0 Å². The second-order valence-electron chi connectivity index (χ2n) is 7.18. The Bertz CT molecular complexity index is 871. The molecular weight excluding hydrogens is 322 g/mol. The standard InChI is InChI=1S/C21H25N5/c1-15-12-22-16(2)24-21(15)26-10-6-9-18(14-26)20-19(13-23-25-20)11-17-7-4-3-5-8-17/h3-5,7-8,12-13,18H,6,9-11,14H2,1-2H3,(H,23,25). The fourth-order valence-corrected chi connectivity index (χ4v) is 3.87. The largest absolute Gasteiger partial charge is 0.356 e. The van der Waals surface area contributed by atoms with Crippen LogP contribution in [-0.2, 0) is 6.42 Å². The van der Waals surface area contributed by atoms with E-state index in [0.29, 0.717) is 5.92 Å². The van der Waals surface area contributed by atoms with Crippen LogP contribution in [0.2, 0.25) is 0 Å². The maximum Gasteiger partial charge on any atom is 0.135 e.